The molecule has 3 rings (SSSR count). The predicted molar refractivity (Wildman–Crippen MR) is 99.8 cm³/mol. The first kappa shape index (κ1) is 20.9. The maximum absolute atomic E-state index is 11.9. The lowest BCUT2D eigenvalue weighted by Gasteiger charge is -2.42. The fourth-order valence-corrected chi connectivity index (χ4v) is 4.12. The Balaban J connectivity index is 1.54. The summed E-state index contributed by atoms with van der Waals surface area (Å²) < 4.78 is 6.81. The quantitative estimate of drug-likeness (QED) is 0.113. The monoisotopic (exact) mass is 414 g/mol. The lowest BCUT2D eigenvalue weighted by molar-refractivity contribution is -0.623. The summed E-state index contributed by atoms with van der Waals surface area (Å²) in [5.41, 5.74) is 10.4. The zero-order valence-electron chi connectivity index (χ0n) is 15.9. The van der Waals surface area contributed by atoms with E-state index in [1.54, 1.807) is 4.58 Å². The van der Waals surface area contributed by atoms with Crippen LogP contribution in [0.5, 0.6) is 0 Å². The van der Waals surface area contributed by atoms with Crippen LogP contribution in [0.25, 0.3) is 0 Å². The summed E-state index contributed by atoms with van der Waals surface area (Å²) in [7, 11) is 0. The van der Waals surface area contributed by atoms with Crippen LogP contribution in [0.4, 0.5) is 4.79 Å². The molecule has 13 nitrogen and oxygen atoms in total. The zero-order chi connectivity index (χ0) is 21.2. The molecule has 3 heterocycles. The average molecular weight is 414 g/mol. The number of nitrogens with one attached hydrogen (secondary N) is 3. The van der Waals surface area contributed by atoms with Crippen LogP contribution in [0.3, 0.4) is 0 Å². The molecule has 0 unspecified atom stereocenters. The SMILES string of the molecule is NC1=N[C@H]2[C@H](COC(=O)NCCCCCC(=O)O)NC(N)=[N+]3CCC(O)(O)[C@]23N1. The molecule has 29 heavy (non-hydrogen) atoms. The summed E-state index contributed by atoms with van der Waals surface area (Å²) >= 11 is 0. The molecule has 0 aliphatic carbocycles. The number of nitrogens with zero attached hydrogens (tertiary/aromatic N) is 2. The lowest BCUT2D eigenvalue weighted by Crippen LogP contribution is -2.77. The number of ether oxygens (including phenoxy) is 1. The van der Waals surface area contributed by atoms with Crippen LogP contribution in [0.2, 0.25) is 0 Å². The fourth-order valence-electron chi connectivity index (χ4n) is 4.12. The van der Waals surface area contributed by atoms with E-state index >= 15 is 0 Å². The van der Waals surface area contributed by atoms with Gasteiger partial charge < -0.3 is 36.4 Å². The van der Waals surface area contributed by atoms with Crippen LogP contribution >= 0.6 is 0 Å². The van der Waals surface area contributed by atoms with Gasteiger partial charge in [0.05, 0.1) is 6.54 Å². The van der Waals surface area contributed by atoms with E-state index in [4.69, 9.17) is 21.3 Å². The van der Waals surface area contributed by atoms with Gasteiger partial charge in [-0.25, -0.2) is 14.4 Å². The standard InChI is InChI=1S/C16H27N7O6/c17-12-21-11-9(8-29-14(26)19-6-3-1-2-4-10(24)25)20-13(18)23-7-5-15(27,28)16(11,23)22-12/h9,11,27-28H,1-8H2,(H7,17,18,19,20,21,22,24,25,26)/p+1/t9-,11-,16-/m0/s1. The van der Waals surface area contributed by atoms with Gasteiger partial charge >= 0.3 is 18.0 Å². The summed E-state index contributed by atoms with van der Waals surface area (Å²) in [6.07, 6.45) is 1.35. The number of nitrogens with two attached hydrogens (primary N) is 2. The number of hydrogen-bond donors (Lipinski definition) is 8. The first-order valence-corrected chi connectivity index (χ1v) is 9.52. The Hall–Kier alpha value is -2.80. The summed E-state index contributed by atoms with van der Waals surface area (Å²) in [4.78, 5) is 26.7. The van der Waals surface area contributed by atoms with Gasteiger partial charge in [-0.3, -0.25) is 15.8 Å². The Morgan fingerprint density at radius 1 is 1.31 bits per heavy atom. The van der Waals surface area contributed by atoms with Crippen molar-refractivity contribution in [1.29, 1.82) is 0 Å². The summed E-state index contributed by atoms with van der Waals surface area (Å²) in [5.74, 6) is -2.73. The number of carbonyl (C=O) groups excluding carboxylic acids is 1. The van der Waals surface area contributed by atoms with Crippen LogP contribution < -0.4 is 27.4 Å². The first-order valence-electron chi connectivity index (χ1n) is 9.52. The average Bonchev–Trinajstić information content (AvgIpc) is 3.12. The smallest absolute Gasteiger partial charge is 0.407 e. The molecule has 3 aliphatic rings. The number of amides is 1. The molecule has 0 bridgehead atoms. The molecule has 1 spiro atoms. The van der Waals surface area contributed by atoms with Crippen LogP contribution in [-0.2, 0) is 9.53 Å². The molecule has 13 heteroatoms. The second-order valence-corrected chi connectivity index (χ2v) is 7.43. The molecule has 0 saturated carbocycles. The molecule has 162 valence electrons. The molecular weight excluding hydrogens is 386 g/mol. The summed E-state index contributed by atoms with van der Waals surface area (Å²) in [6, 6.07) is -1.38. The molecule has 1 amide bonds. The third kappa shape index (κ3) is 3.87. The van der Waals surface area contributed by atoms with E-state index in [0.29, 0.717) is 25.8 Å². The number of alkyl carbamates (subject to hydrolysis) is 1. The van der Waals surface area contributed by atoms with Crippen molar-refractivity contribution in [1.82, 2.24) is 16.0 Å². The maximum atomic E-state index is 11.9. The fraction of sp³-hybridized carbons (Fsp3) is 0.750. The Labute approximate surface area is 166 Å². The van der Waals surface area contributed by atoms with E-state index in [1.165, 1.54) is 0 Å². The molecule has 3 aliphatic heterocycles. The normalized spacial score (nSPS) is 29.2. The van der Waals surface area contributed by atoms with Crippen molar-refractivity contribution in [3.8, 4) is 0 Å². The number of aliphatic imine (C=N–C) groups is 1. The van der Waals surface area contributed by atoms with Crippen molar-refractivity contribution in [2.45, 2.75) is 55.6 Å². The van der Waals surface area contributed by atoms with Crippen LogP contribution in [0.15, 0.2) is 4.99 Å². The number of aliphatic carboxylic acids is 1. The number of guanidine groups is 2. The van der Waals surface area contributed by atoms with Gasteiger partial charge in [0.15, 0.2) is 12.0 Å². The Morgan fingerprint density at radius 3 is 2.79 bits per heavy atom. The van der Waals surface area contributed by atoms with Crippen LogP contribution in [0, 0.1) is 0 Å². The van der Waals surface area contributed by atoms with Crippen molar-refractivity contribution in [3.05, 3.63) is 0 Å². The number of unbranched alkanes of at least 4 members (excludes halogenated alkanes) is 2. The van der Waals surface area contributed by atoms with Gasteiger partial charge in [-0.15, -0.1) is 0 Å². The van der Waals surface area contributed by atoms with E-state index in [1.807, 2.05) is 0 Å². The number of aliphatic hydroxyl groups is 2. The van der Waals surface area contributed by atoms with Crippen molar-refractivity contribution in [2.24, 2.45) is 16.5 Å². The molecule has 1 saturated heterocycles. The van der Waals surface area contributed by atoms with E-state index in [0.717, 1.165) is 0 Å². The van der Waals surface area contributed by atoms with Crippen molar-refractivity contribution in [2.75, 3.05) is 19.7 Å². The maximum Gasteiger partial charge on any atom is 0.407 e. The highest BCUT2D eigenvalue weighted by Crippen LogP contribution is 2.40. The molecule has 0 aromatic heterocycles. The Bertz CT molecular complexity index is 739. The van der Waals surface area contributed by atoms with Crippen LogP contribution in [0.1, 0.15) is 32.1 Å². The highest BCUT2D eigenvalue weighted by molar-refractivity contribution is 5.83. The highest BCUT2D eigenvalue weighted by Gasteiger charge is 2.71. The van der Waals surface area contributed by atoms with E-state index < -0.39 is 35.6 Å². The summed E-state index contributed by atoms with van der Waals surface area (Å²) in [5, 5.41) is 38.2. The highest BCUT2D eigenvalue weighted by atomic mass is 16.5. The third-order valence-corrected chi connectivity index (χ3v) is 5.48. The second kappa shape index (κ2) is 7.91. The minimum absolute atomic E-state index is 0.0393. The van der Waals surface area contributed by atoms with Gasteiger partial charge in [0.25, 0.3) is 0 Å². The first-order chi connectivity index (χ1) is 13.7. The molecule has 3 atom stereocenters. The van der Waals surface area contributed by atoms with Gasteiger partial charge in [-0.1, -0.05) is 6.42 Å². The van der Waals surface area contributed by atoms with Crippen molar-refractivity contribution >= 4 is 24.0 Å². The topological polar surface area (TPSA) is 208 Å². The molecule has 0 aromatic carbocycles. The van der Waals surface area contributed by atoms with Gasteiger partial charge in [0.2, 0.25) is 11.4 Å². The van der Waals surface area contributed by atoms with Gasteiger partial charge in [0, 0.05) is 19.4 Å². The van der Waals surface area contributed by atoms with E-state index in [9.17, 15) is 19.8 Å². The van der Waals surface area contributed by atoms with Gasteiger partial charge in [-0.2, -0.15) is 0 Å². The number of carbonyl (C=O) groups is 2. The Morgan fingerprint density at radius 2 is 2.07 bits per heavy atom. The minimum atomic E-state index is -2.13. The number of hydrogen-bond acceptors (Lipinski definition) is 10. The molecular formula is C16H28N7O6+. The van der Waals surface area contributed by atoms with Gasteiger partial charge in [-0.05, 0) is 12.8 Å². The zero-order valence-corrected chi connectivity index (χ0v) is 15.9. The minimum Gasteiger partial charge on any atom is -0.481 e. The largest absolute Gasteiger partial charge is 0.481 e. The van der Waals surface area contributed by atoms with Crippen LogP contribution in [-0.4, -0.2) is 87.1 Å². The molecule has 0 radical (unpaired) electrons. The summed E-state index contributed by atoms with van der Waals surface area (Å²) in [6.45, 7) is 0.517. The Kier molecular flexibility index (Phi) is 5.71. The number of rotatable bonds is 8. The number of carboxylic acid groups (broad SMARTS) is 1. The predicted octanol–water partition coefficient (Wildman–Crippen LogP) is -3.28. The molecule has 0 aromatic rings. The lowest BCUT2D eigenvalue weighted by atomic mass is 9.87. The molecule has 1 fully saturated rings. The van der Waals surface area contributed by atoms with Crippen molar-refractivity contribution < 1.29 is 34.2 Å². The van der Waals surface area contributed by atoms with Gasteiger partial charge in [0.1, 0.15) is 12.6 Å². The van der Waals surface area contributed by atoms with E-state index in [-0.39, 0.29) is 37.9 Å². The van der Waals surface area contributed by atoms with Crippen molar-refractivity contribution in [3.63, 3.8) is 0 Å². The second-order valence-electron chi connectivity index (χ2n) is 7.43. The van der Waals surface area contributed by atoms with E-state index in [2.05, 4.69) is 20.9 Å². The third-order valence-electron chi connectivity index (χ3n) is 5.48. The number of carboxylic acids is 1. The molecule has 10 N–H and O–H groups in total.